The second-order valence-corrected chi connectivity index (χ2v) is 11.1. The van der Waals surface area contributed by atoms with Crippen molar-refractivity contribution in [3.8, 4) is 0 Å². The number of thiophene rings is 1. The molecule has 0 radical (unpaired) electrons. The first-order valence-corrected chi connectivity index (χ1v) is 13.5. The molecule has 6 nitrogen and oxygen atoms in total. The summed E-state index contributed by atoms with van der Waals surface area (Å²) in [6, 6.07) is 6.97. The lowest BCUT2D eigenvalue weighted by molar-refractivity contribution is 0.0652. The van der Waals surface area contributed by atoms with Gasteiger partial charge in [-0.25, -0.2) is 4.98 Å². The summed E-state index contributed by atoms with van der Waals surface area (Å²) in [4.78, 5) is 46.8. The molecule has 0 spiro atoms. The average molecular weight is 494 g/mol. The van der Waals surface area contributed by atoms with Crippen LogP contribution in [0.25, 0.3) is 10.2 Å². The molecule has 0 N–H and O–H groups in total. The van der Waals surface area contributed by atoms with Gasteiger partial charge in [0.25, 0.3) is 17.4 Å². The van der Waals surface area contributed by atoms with Crippen LogP contribution >= 0.6 is 23.1 Å². The molecule has 1 aliphatic heterocycles. The summed E-state index contributed by atoms with van der Waals surface area (Å²) in [7, 11) is 0. The van der Waals surface area contributed by atoms with Crippen molar-refractivity contribution in [2.24, 2.45) is 5.92 Å². The van der Waals surface area contributed by atoms with Gasteiger partial charge < -0.3 is 0 Å². The number of aryl methyl sites for hydroxylation is 1. The molecule has 1 aliphatic carbocycles. The van der Waals surface area contributed by atoms with Gasteiger partial charge in [-0.05, 0) is 55.7 Å². The average Bonchev–Trinajstić information content (AvgIpc) is 3.31. The smallest absolute Gasteiger partial charge is 0.263 e. The predicted molar refractivity (Wildman–Crippen MR) is 137 cm³/mol. The number of unbranched alkanes of at least 4 members (excludes halogenated alkanes) is 1. The van der Waals surface area contributed by atoms with Gasteiger partial charge in [0.15, 0.2) is 5.16 Å². The number of carbonyl (C=O) groups excluding carboxylic acids is 2. The topological polar surface area (TPSA) is 72.3 Å². The van der Waals surface area contributed by atoms with Crippen molar-refractivity contribution in [3.63, 3.8) is 0 Å². The Labute approximate surface area is 206 Å². The normalized spacial score (nSPS) is 17.3. The van der Waals surface area contributed by atoms with Crippen molar-refractivity contribution >= 4 is 45.1 Å². The highest BCUT2D eigenvalue weighted by molar-refractivity contribution is 7.99. The third-order valence-electron chi connectivity index (χ3n) is 6.58. The van der Waals surface area contributed by atoms with Gasteiger partial charge in [-0.1, -0.05) is 36.9 Å². The van der Waals surface area contributed by atoms with Gasteiger partial charge in [0, 0.05) is 23.7 Å². The second kappa shape index (κ2) is 9.50. The van der Waals surface area contributed by atoms with Crippen LogP contribution in [-0.4, -0.2) is 38.6 Å². The Morgan fingerprint density at radius 1 is 1.18 bits per heavy atom. The molecule has 5 rings (SSSR count). The van der Waals surface area contributed by atoms with Crippen LogP contribution in [-0.2, 0) is 19.4 Å². The summed E-state index contributed by atoms with van der Waals surface area (Å²) in [5.41, 5.74) is 2.21. The molecule has 2 amide bonds. The summed E-state index contributed by atoms with van der Waals surface area (Å²) in [6.07, 6.45) is 6.34. The van der Waals surface area contributed by atoms with E-state index >= 15 is 0 Å². The van der Waals surface area contributed by atoms with E-state index in [2.05, 4.69) is 13.5 Å². The number of aromatic nitrogens is 2. The number of rotatable bonds is 8. The minimum atomic E-state index is -0.212. The van der Waals surface area contributed by atoms with Crippen LogP contribution in [0.5, 0.6) is 0 Å². The van der Waals surface area contributed by atoms with E-state index in [1.54, 1.807) is 58.0 Å². The van der Waals surface area contributed by atoms with Crippen LogP contribution in [0.15, 0.2) is 46.9 Å². The predicted octanol–water partition coefficient (Wildman–Crippen LogP) is 4.94. The molecule has 176 valence electrons. The second-order valence-electron chi connectivity index (χ2n) is 8.99. The molecule has 0 fully saturated rings. The van der Waals surface area contributed by atoms with E-state index in [9.17, 15) is 14.4 Å². The van der Waals surface area contributed by atoms with E-state index < -0.39 is 0 Å². The maximum atomic E-state index is 13.4. The molecule has 3 heterocycles. The minimum absolute atomic E-state index is 0.0328. The zero-order valence-corrected chi connectivity index (χ0v) is 20.8. The number of amides is 2. The summed E-state index contributed by atoms with van der Waals surface area (Å²) in [6.45, 7) is 6.92. The maximum absolute atomic E-state index is 13.4. The number of hydrogen-bond donors (Lipinski definition) is 0. The van der Waals surface area contributed by atoms with Crippen molar-refractivity contribution in [1.29, 1.82) is 0 Å². The standard InChI is InChI=1S/C26H27N3O3S2/c1-3-12-29-25(32)21-19-11-10-16(2)15-20(19)34-22(21)27-26(29)33-14-7-6-13-28-23(30)17-8-4-5-9-18(17)24(28)31/h3-5,8-9,16H,1,6-7,10-15H2,2H3/t16-/m0/s1. The third-order valence-corrected chi connectivity index (χ3v) is 8.79. The Hall–Kier alpha value is -2.71. The first-order chi connectivity index (χ1) is 16.5. The molecule has 3 aromatic rings. The molecule has 8 heteroatoms. The highest BCUT2D eigenvalue weighted by Gasteiger charge is 2.34. The Kier molecular flexibility index (Phi) is 6.44. The van der Waals surface area contributed by atoms with Crippen molar-refractivity contribution in [2.45, 2.75) is 50.7 Å². The van der Waals surface area contributed by atoms with Crippen LogP contribution in [0.3, 0.4) is 0 Å². The number of imide groups is 1. The zero-order chi connectivity index (χ0) is 23.8. The molecule has 2 aliphatic rings. The van der Waals surface area contributed by atoms with Crippen LogP contribution in [0, 0.1) is 5.92 Å². The number of fused-ring (bicyclic) bond motifs is 4. The Morgan fingerprint density at radius 2 is 1.91 bits per heavy atom. The molecule has 0 saturated carbocycles. The number of benzene rings is 1. The van der Waals surface area contributed by atoms with E-state index in [1.807, 2.05) is 0 Å². The fraction of sp³-hybridized carbons (Fsp3) is 0.385. The SMILES string of the molecule is C=CCn1c(SCCCCN2C(=O)c3ccccc3C2=O)nc2sc3c(c2c1=O)CC[C@H](C)C3. The van der Waals surface area contributed by atoms with Crippen molar-refractivity contribution < 1.29 is 9.59 Å². The lowest BCUT2D eigenvalue weighted by Gasteiger charge is -2.17. The van der Waals surface area contributed by atoms with E-state index in [4.69, 9.17) is 4.98 Å². The Morgan fingerprint density at radius 3 is 2.62 bits per heavy atom. The highest BCUT2D eigenvalue weighted by Crippen LogP contribution is 2.36. The quantitative estimate of drug-likeness (QED) is 0.146. The number of allylic oxidation sites excluding steroid dienone is 1. The molecule has 1 atom stereocenters. The summed E-state index contributed by atoms with van der Waals surface area (Å²) >= 11 is 3.22. The lowest BCUT2D eigenvalue weighted by atomic mass is 9.89. The van der Waals surface area contributed by atoms with Crippen molar-refractivity contribution in [3.05, 3.63) is 68.8 Å². The Bertz CT molecular complexity index is 1320. The van der Waals surface area contributed by atoms with Gasteiger partial charge in [-0.15, -0.1) is 17.9 Å². The zero-order valence-electron chi connectivity index (χ0n) is 19.2. The molecule has 2 aromatic heterocycles. The first-order valence-electron chi connectivity index (χ1n) is 11.7. The molecule has 0 saturated heterocycles. The number of thioether (sulfide) groups is 1. The van der Waals surface area contributed by atoms with Crippen LogP contribution in [0.4, 0.5) is 0 Å². The van der Waals surface area contributed by atoms with Gasteiger partial charge in [0.1, 0.15) is 4.83 Å². The summed E-state index contributed by atoms with van der Waals surface area (Å²) in [5, 5.41) is 1.51. The first kappa shape index (κ1) is 23.1. The maximum Gasteiger partial charge on any atom is 0.263 e. The fourth-order valence-electron chi connectivity index (χ4n) is 4.78. The molecule has 0 bridgehead atoms. The van der Waals surface area contributed by atoms with Gasteiger partial charge in [0.05, 0.1) is 16.5 Å². The lowest BCUT2D eigenvalue weighted by Crippen LogP contribution is -2.30. The molecule has 0 unspecified atom stereocenters. The van der Waals surface area contributed by atoms with Gasteiger partial charge in [-0.3, -0.25) is 23.9 Å². The summed E-state index contributed by atoms with van der Waals surface area (Å²) in [5.74, 6) is 0.972. The van der Waals surface area contributed by atoms with Crippen LogP contribution in [0.1, 0.15) is 57.3 Å². The molecule has 34 heavy (non-hydrogen) atoms. The number of hydrogen-bond acceptors (Lipinski definition) is 6. The molecular weight excluding hydrogens is 466 g/mol. The van der Waals surface area contributed by atoms with E-state index in [0.717, 1.165) is 41.7 Å². The van der Waals surface area contributed by atoms with Crippen LogP contribution < -0.4 is 5.56 Å². The fourth-order valence-corrected chi connectivity index (χ4v) is 7.21. The van der Waals surface area contributed by atoms with E-state index in [-0.39, 0.29) is 17.4 Å². The van der Waals surface area contributed by atoms with Crippen LogP contribution in [0.2, 0.25) is 0 Å². The van der Waals surface area contributed by atoms with E-state index in [1.165, 1.54) is 15.3 Å². The molecule has 1 aromatic carbocycles. The van der Waals surface area contributed by atoms with E-state index in [0.29, 0.717) is 41.7 Å². The highest BCUT2D eigenvalue weighted by atomic mass is 32.2. The van der Waals surface area contributed by atoms with Crippen molar-refractivity contribution in [1.82, 2.24) is 14.5 Å². The van der Waals surface area contributed by atoms with Gasteiger partial charge >= 0.3 is 0 Å². The minimum Gasteiger partial charge on any atom is -0.283 e. The number of carbonyl (C=O) groups is 2. The van der Waals surface area contributed by atoms with Gasteiger partial charge in [0.2, 0.25) is 0 Å². The number of nitrogens with zero attached hydrogens (tertiary/aromatic N) is 3. The molecular formula is C26H27N3O3S2. The van der Waals surface area contributed by atoms with Crippen molar-refractivity contribution in [2.75, 3.05) is 12.3 Å². The van der Waals surface area contributed by atoms with Gasteiger partial charge in [-0.2, -0.15) is 0 Å². The largest absolute Gasteiger partial charge is 0.283 e. The third kappa shape index (κ3) is 4.03. The Balaban J connectivity index is 1.27. The summed E-state index contributed by atoms with van der Waals surface area (Å²) < 4.78 is 1.73. The monoisotopic (exact) mass is 493 g/mol.